The van der Waals surface area contributed by atoms with Crippen molar-refractivity contribution in [2.75, 3.05) is 13.1 Å². The summed E-state index contributed by atoms with van der Waals surface area (Å²) in [4.78, 5) is 18.1. The second-order valence-corrected chi connectivity index (χ2v) is 5.06. The van der Waals surface area contributed by atoms with Gasteiger partial charge in [-0.05, 0) is 44.0 Å². The van der Waals surface area contributed by atoms with Crippen LogP contribution in [0.2, 0.25) is 0 Å². The van der Waals surface area contributed by atoms with Crippen LogP contribution >= 0.6 is 0 Å². The van der Waals surface area contributed by atoms with E-state index in [9.17, 15) is 4.79 Å². The average Bonchev–Trinajstić information content (AvgIpc) is 2.38. The number of carbonyl (C=O) groups is 1. The maximum Gasteiger partial charge on any atom is 0.247 e. The van der Waals surface area contributed by atoms with Gasteiger partial charge >= 0.3 is 0 Å². The van der Waals surface area contributed by atoms with Crippen molar-refractivity contribution < 1.29 is 9.53 Å². The van der Waals surface area contributed by atoms with E-state index >= 15 is 0 Å². The van der Waals surface area contributed by atoms with Gasteiger partial charge in [-0.25, -0.2) is 0 Å². The van der Waals surface area contributed by atoms with Crippen LogP contribution in [0.4, 0.5) is 0 Å². The predicted octanol–water partition coefficient (Wildman–Crippen LogP) is 2.12. The topological polar surface area (TPSA) is 42.4 Å². The summed E-state index contributed by atoms with van der Waals surface area (Å²) in [6.45, 7) is 7.25. The Balaban J connectivity index is 2.08. The van der Waals surface area contributed by atoms with Crippen molar-refractivity contribution in [3.63, 3.8) is 0 Å². The minimum Gasteiger partial charge on any atom is -0.372 e. The van der Waals surface area contributed by atoms with Crippen LogP contribution in [-0.2, 0) is 9.53 Å². The standard InChI is InChI=1S/C15H20N2O2/c1-11(14-4-6-16-7-5-14)8-15(18)17-9-12(2)19-13(3)10-17/h4-8,12-13H,9-10H2,1-3H3/b11-8+. The van der Waals surface area contributed by atoms with Crippen molar-refractivity contribution in [2.45, 2.75) is 33.0 Å². The van der Waals surface area contributed by atoms with E-state index in [-0.39, 0.29) is 18.1 Å². The molecule has 0 N–H and O–H groups in total. The molecule has 0 aliphatic carbocycles. The summed E-state index contributed by atoms with van der Waals surface area (Å²) in [7, 11) is 0. The fraction of sp³-hybridized carbons (Fsp3) is 0.467. The molecule has 19 heavy (non-hydrogen) atoms. The van der Waals surface area contributed by atoms with Gasteiger partial charge in [0.1, 0.15) is 0 Å². The molecule has 0 saturated carbocycles. The van der Waals surface area contributed by atoms with Crippen LogP contribution in [0.5, 0.6) is 0 Å². The second kappa shape index (κ2) is 5.97. The summed E-state index contributed by atoms with van der Waals surface area (Å²) >= 11 is 0. The molecule has 0 bridgehead atoms. The lowest BCUT2D eigenvalue weighted by molar-refractivity contribution is -0.137. The van der Waals surface area contributed by atoms with Crippen molar-refractivity contribution in [3.05, 3.63) is 36.2 Å². The summed E-state index contributed by atoms with van der Waals surface area (Å²) in [6.07, 6.45) is 5.36. The van der Waals surface area contributed by atoms with Crippen LogP contribution in [0.1, 0.15) is 26.3 Å². The van der Waals surface area contributed by atoms with E-state index in [0.717, 1.165) is 11.1 Å². The van der Waals surface area contributed by atoms with Crippen LogP contribution in [-0.4, -0.2) is 41.1 Å². The molecule has 1 saturated heterocycles. The minimum absolute atomic E-state index is 0.0521. The molecule has 2 atom stereocenters. The Morgan fingerprint density at radius 1 is 1.32 bits per heavy atom. The number of amides is 1. The lowest BCUT2D eigenvalue weighted by atomic mass is 10.1. The molecule has 1 aromatic rings. The number of pyridine rings is 1. The Hall–Kier alpha value is -1.68. The van der Waals surface area contributed by atoms with E-state index in [2.05, 4.69) is 4.98 Å². The van der Waals surface area contributed by atoms with Crippen molar-refractivity contribution in [1.82, 2.24) is 9.88 Å². The Morgan fingerprint density at radius 3 is 2.47 bits per heavy atom. The van der Waals surface area contributed by atoms with Crippen molar-refractivity contribution in [1.29, 1.82) is 0 Å². The van der Waals surface area contributed by atoms with E-state index in [1.165, 1.54) is 0 Å². The van der Waals surface area contributed by atoms with Crippen molar-refractivity contribution >= 4 is 11.5 Å². The molecule has 2 unspecified atom stereocenters. The van der Waals surface area contributed by atoms with E-state index in [1.54, 1.807) is 18.5 Å². The molecule has 2 heterocycles. The number of hydrogen-bond donors (Lipinski definition) is 0. The molecule has 4 nitrogen and oxygen atoms in total. The summed E-state index contributed by atoms with van der Waals surface area (Å²) in [5.74, 6) is 0.0521. The molecular weight excluding hydrogens is 240 g/mol. The Labute approximate surface area is 114 Å². The molecule has 0 aromatic carbocycles. The average molecular weight is 260 g/mol. The zero-order chi connectivity index (χ0) is 13.8. The van der Waals surface area contributed by atoms with Gasteiger partial charge in [-0.2, -0.15) is 0 Å². The Kier molecular flexibility index (Phi) is 4.32. The zero-order valence-electron chi connectivity index (χ0n) is 11.7. The Morgan fingerprint density at radius 2 is 1.89 bits per heavy atom. The first kappa shape index (κ1) is 13.7. The number of rotatable bonds is 2. The highest BCUT2D eigenvalue weighted by Crippen LogP contribution is 2.15. The molecule has 1 fully saturated rings. The number of nitrogens with zero attached hydrogens (tertiary/aromatic N) is 2. The van der Waals surface area contributed by atoms with Gasteiger partial charge in [0.05, 0.1) is 12.2 Å². The van der Waals surface area contributed by atoms with Gasteiger partial charge in [-0.1, -0.05) is 0 Å². The highest BCUT2D eigenvalue weighted by Gasteiger charge is 2.24. The van der Waals surface area contributed by atoms with Gasteiger partial charge in [0.2, 0.25) is 5.91 Å². The summed E-state index contributed by atoms with van der Waals surface area (Å²) in [5, 5.41) is 0. The smallest absolute Gasteiger partial charge is 0.247 e. The van der Waals surface area contributed by atoms with Gasteiger partial charge < -0.3 is 9.64 Å². The highest BCUT2D eigenvalue weighted by atomic mass is 16.5. The predicted molar refractivity (Wildman–Crippen MR) is 74.5 cm³/mol. The van der Waals surface area contributed by atoms with Crippen molar-refractivity contribution in [2.24, 2.45) is 0 Å². The third-order valence-electron chi connectivity index (χ3n) is 3.21. The maximum atomic E-state index is 12.3. The fourth-order valence-electron chi connectivity index (χ4n) is 2.33. The third-order valence-corrected chi connectivity index (χ3v) is 3.21. The van der Waals surface area contributed by atoms with E-state index < -0.39 is 0 Å². The van der Waals surface area contributed by atoms with Crippen LogP contribution in [0, 0.1) is 0 Å². The molecule has 1 aliphatic rings. The highest BCUT2D eigenvalue weighted by molar-refractivity contribution is 5.94. The first-order valence-corrected chi connectivity index (χ1v) is 6.59. The number of aromatic nitrogens is 1. The Bertz CT molecular complexity index is 460. The quantitative estimate of drug-likeness (QED) is 0.765. The van der Waals surface area contributed by atoms with Gasteiger partial charge in [0, 0.05) is 31.6 Å². The van der Waals surface area contributed by atoms with E-state index in [4.69, 9.17) is 4.74 Å². The zero-order valence-corrected chi connectivity index (χ0v) is 11.7. The largest absolute Gasteiger partial charge is 0.372 e. The molecule has 1 amide bonds. The van der Waals surface area contributed by atoms with Crippen LogP contribution in [0.3, 0.4) is 0 Å². The SMILES string of the molecule is C/C(=C\C(=O)N1CC(C)OC(C)C1)c1ccncc1. The van der Waals surface area contributed by atoms with E-state index in [0.29, 0.717) is 13.1 Å². The maximum absolute atomic E-state index is 12.3. The van der Waals surface area contributed by atoms with Gasteiger partial charge in [-0.15, -0.1) is 0 Å². The molecular formula is C15H20N2O2. The van der Waals surface area contributed by atoms with Crippen molar-refractivity contribution in [3.8, 4) is 0 Å². The number of carbonyl (C=O) groups excluding carboxylic acids is 1. The second-order valence-electron chi connectivity index (χ2n) is 5.06. The lowest BCUT2D eigenvalue weighted by Crippen LogP contribution is -2.47. The summed E-state index contributed by atoms with van der Waals surface area (Å²) in [6, 6.07) is 3.81. The minimum atomic E-state index is 0.0521. The van der Waals surface area contributed by atoms with Gasteiger partial charge in [-0.3, -0.25) is 9.78 Å². The fourth-order valence-corrected chi connectivity index (χ4v) is 2.33. The van der Waals surface area contributed by atoms with Gasteiger partial charge in [0.15, 0.2) is 0 Å². The molecule has 2 rings (SSSR count). The normalized spacial score (nSPS) is 24.4. The number of ether oxygens (including phenoxy) is 1. The molecule has 1 aliphatic heterocycles. The number of hydrogen-bond acceptors (Lipinski definition) is 3. The first-order valence-electron chi connectivity index (χ1n) is 6.59. The van der Waals surface area contributed by atoms with Crippen LogP contribution < -0.4 is 0 Å². The van der Waals surface area contributed by atoms with Crippen LogP contribution in [0.25, 0.3) is 5.57 Å². The first-order chi connectivity index (χ1) is 9.06. The molecule has 102 valence electrons. The monoisotopic (exact) mass is 260 g/mol. The number of morpholine rings is 1. The summed E-state index contributed by atoms with van der Waals surface area (Å²) < 4.78 is 5.63. The molecule has 1 aromatic heterocycles. The molecule has 0 radical (unpaired) electrons. The molecule has 4 heteroatoms. The van der Waals surface area contributed by atoms with E-state index in [1.807, 2.05) is 37.8 Å². The van der Waals surface area contributed by atoms with Gasteiger partial charge in [0.25, 0.3) is 0 Å². The summed E-state index contributed by atoms with van der Waals surface area (Å²) in [5.41, 5.74) is 1.98. The third kappa shape index (κ3) is 3.64. The van der Waals surface area contributed by atoms with Crippen LogP contribution in [0.15, 0.2) is 30.6 Å². The number of allylic oxidation sites excluding steroid dienone is 1. The molecule has 0 spiro atoms. The lowest BCUT2D eigenvalue weighted by Gasteiger charge is -2.34.